The molecule has 0 saturated carbocycles. The second-order valence-electron chi connectivity index (χ2n) is 6.43. The largest absolute Gasteiger partial charge is 0.497 e. The van der Waals surface area contributed by atoms with Gasteiger partial charge in [0.05, 0.1) is 13.7 Å². The summed E-state index contributed by atoms with van der Waals surface area (Å²) in [6.45, 7) is 0.312. The molecule has 6 heteroatoms. The summed E-state index contributed by atoms with van der Waals surface area (Å²) in [5.74, 6) is 0.559. The van der Waals surface area contributed by atoms with Crippen LogP contribution >= 0.6 is 0 Å². The molecule has 0 aromatic heterocycles. The van der Waals surface area contributed by atoms with Crippen LogP contribution in [0, 0.1) is 0 Å². The second kappa shape index (κ2) is 10.7. The normalized spacial score (nSPS) is 10.7. The van der Waals surface area contributed by atoms with E-state index in [1.165, 1.54) is 6.08 Å². The highest BCUT2D eigenvalue weighted by Gasteiger charge is 2.05. The minimum Gasteiger partial charge on any atom is -0.497 e. The molecule has 6 nitrogen and oxygen atoms in total. The van der Waals surface area contributed by atoms with Crippen LogP contribution in [0.25, 0.3) is 16.8 Å². The lowest BCUT2D eigenvalue weighted by atomic mass is 10.1. The molecule has 0 fully saturated rings. The van der Waals surface area contributed by atoms with Crippen LogP contribution < -0.4 is 14.8 Å². The van der Waals surface area contributed by atoms with E-state index in [2.05, 4.69) is 5.32 Å². The number of methoxy groups -OCH3 is 1. The summed E-state index contributed by atoms with van der Waals surface area (Å²) >= 11 is 0. The van der Waals surface area contributed by atoms with Gasteiger partial charge in [-0.1, -0.05) is 36.4 Å². The predicted octanol–water partition coefficient (Wildman–Crippen LogP) is 3.60. The maximum absolute atomic E-state index is 11.9. The molecule has 0 radical (unpaired) electrons. The summed E-state index contributed by atoms with van der Waals surface area (Å²) in [4.78, 5) is 23.6. The van der Waals surface area contributed by atoms with Crippen molar-refractivity contribution >= 4 is 28.7 Å². The van der Waals surface area contributed by atoms with Gasteiger partial charge >= 0.3 is 5.97 Å². The third-order valence-electron chi connectivity index (χ3n) is 4.27. The zero-order valence-electron chi connectivity index (χ0n) is 16.7. The van der Waals surface area contributed by atoms with Gasteiger partial charge in [-0.25, -0.2) is 4.79 Å². The van der Waals surface area contributed by atoms with Gasteiger partial charge in [0.15, 0.2) is 6.61 Å². The molecule has 0 saturated heterocycles. The number of amides is 1. The molecule has 3 rings (SSSR count). The molecule has 154 valence electrons. The molecule has 1 N–H and O–H groups in total. The van der Waals surface area contributed by atoms with Crippen LogP contribution in [0.3, 0.4) is 0 Å². The fraction of sp³-hybridized carbons (Fsp3) is 0.167. The van der Waals surface area contributed by atoms with E-state index in [1.54, 1.807) is 13.2 Å². The molecule has 0 spiro atoms. The SMILES string of the molecule is COc1ccc2cc(/C=C/C(=O)OCC(=O)NCCOc3ccccc3)ccc2c1. The number of rotatable bonds is 9. The Morgan fingerprint density at radius 2 is 1.70 bits per heavy atom. The van der Waals surface area contributed by atoms with Gasteiger partial charge in [0, 0.05) is 6.08 Å². The molecule has 0 unspecified atom stereocenters. The fourth-order valence-electron chi connectivity index (χ4n) is 2.75. The Kier molecular flexibility index (Phi) is 7.44. The molecule has 30 heavy (non-hydrogen) atoms. The van der Waals surface area contributed by atoms with Crippen LogP contribution in [0.5, 0.6) is 11.5 Å². The van der Waals surface area contributed by atoms with Gasteiger partial charge in [0.1, 0.15) is 18.1 Å². The summed E-state index contributed by atoms with van der Waals surface area (Å²) in [5, 5.41) is 4.71. The molecular formula is C24H23NO5. The highest BCUT2D eigenvalue weighted by molar-refractivity contribution is 5.91. The number of ether oxygens (including phenoxy) is 3. The van der Waals surface area contributed by atoms with Gasteiger partial charge in [0.2, 0.25) is 0 Å². The predicted molar refractivity (Wildman–Crippen MR) is 115 cm³/mol. The quantitative estimate of drug-likeness (QED) is 0.335. The van der Waals surface area contributed by atoms with E-state index in [0.717, 1.165) is 27.8 Å². The van der Waals surface area contributed by atoms with Crippen molar-refractivity contribution in [2.24, 2.45) is 0 Å². The molecule has 0 aliphatic heterocycles. The lowest BCUT2D eigenvalue weighted by Gasteiger charge is -2.07. The standard InChI is InChI=1S/C24H23NO5/c1-28-22-11-10-19-15-18(7-9-20(19)16-22)8-12-24(27)30-17-23(26)25-13-14-29-21-5-3-2-4-6-21/h2-12,15-16H,13-14,17H2,1H3,(H,25,26)/b12-8+. The van der Waals surface area contributed by atoms with Crippen molar-refractivity contribution in [3.8, 4) is 11.5 Å². The smallest absolute Gasteiger partial charge is 0.331 e. The zero-order valence-corrected chi connectivity index (χ0v) is 16.7. The molecule has 3 aromatic carbocycles. The first-order valence-corrected chi connectivity index (χ1v) is 9.51. The molecule has 0 aliphatic carbocycles. The molecular weight excluding hydrogens is 382 g/mol. The number of hydrogen-bond acceptors (Lipinski definition) is 5. The Bertz CT molecular complexity index is 1030. The van der Waals surface area contributed by atoms with Gasteiger partial charge in [-0.2, -0.15) is 0 Å². The summed E-state index contributed by atoms with van der Waals surface area (Å²) < 4.78 is 15.6. The highest BCUT2D eigenvalue weighted by atomic mass is 16.5. The number of benzene rings is 3. The molecule has 0 aliphatic rings. The van der Waals surface area contributed by atoms with E-state index in [4.69, 9.17) is 14.2 Å². The number of fused-ring (bicyclic) bond motifs is 1. The average molecular weight is 405 g/mol. The first-order chi connectivity index (χ1) is 14.6. The Hall–Kier alpha value is -3.80. The number of esters is 1. The van der Waals surface area contributed by atoms with E-state index >= 15 is 0 Å². The van der Waals surface area contributed by atoms with Gasteiger partial charge in [-0.05, 0) is 52.7 Å². The minimum atomic E-state index is -0.583. The maximum Gasteiger partial charge on any atom is 0.331 e. The van der Waals surface area contributed by atoms with Crippen molar-refractivity contribution < 1.29 is 23.8 Å². The third-order valence-corrected chi connectivity index (χ3v) is 4.27. The van der Waals surface area contributed by atoms with Crippen molar-refractivity contribution in [1.82, 2.24) is 5.32 Å². The van der Waals surface area contributed by atoms with Crippen LogP contribution in [0.4, 0.5) is 0 Å². The summed E-state index contributed by atoms with van der Waals surface area (Å²) in [7, 11) is 1.63. The van der Waals surface area contributed by atoms with Crippen LogP contribution in [0.1, 0.15) is 5.56 Å². The monoisotopic (exact) mass is 405 g/mol. The van der Waals surface area contributed by atoms with Crippen LogP contribution in [-0.4, -0.2) is 38.7 Å². The van der Waals surface area contributed by atoms with Crippen molar-refractivity contribution in [2.75, 3.05) is 26.9 Å². The van der Waals surface area contributed by atoms with Crippen molar-refractivity contribution in [3.05, 3.63) is 78.4 Å². The summed E-state index contributed by atoms with van der Waals surface area (Å²) in [6.07, 6.45) is 2.95. The van der Waals surface area contributed by atoms with Crippen molar-refractivity contribution in [2.45, 2.75) is 0 Å². The number of carbonyl (C=O) groups excluding carboxylic acids is 2. The second-order valence-corrected chi connectivity index (χ2v) is 6.43. The molecule has 0 atom stereocenters. The lowest BCUT2D eigenvalue weighted by molar-refractivity contribution is -0.143. The van der Waals surface area contributed by atoms with Gasteiger partial charge in [-0.3, -0.25) is 4.79 Å². The number of para-hydroxylation sites is 1. The van der Waals surface area contributed by atoms with Gasteiger partial charge < -0.3 is 19.5 Å². The molecule has 0 heterocycles. The molecule has 1 amide bonds. The fourth-order valence-corrected chi connectivity index (χ4v) is 2.75. The summed E-state index contributed by atoms with van der Waals surface area (Å²) in [6, 6.07) is 20.9. The van der Waals surface area contributed by atoms with Gasteiger partial charge in [-0.15, -0.1) is 0 Å². The Morgan fingerprint density at radius 3 is 2.50 bits per heavy atom. The first kappa shape index (κ1) is 20.9. The zero-order chi connectivity index (χ0) is 21.2. The van der Waals surface area contributed by atoms with Crippen LogP contribution in [0.2, 0.25) is 0 Å². The Labute approximate surface area is 175 Å². The van der Waals surface area contributed by atoms with Crippen LogP contribution in [-0.2, 0) is 14.3 Å². The first-order valence-electron chi connectivity index (χ1n) is 9.51. The number of hydrogen-bond donors (Lipinski definition) is 1. The van der Waals surface area contributed by atoms with E-state index in [9.17, 15) is 9.59 Å². The minimum absolute atomic E-state index is 0.322. The topological polar surface area (TPSA) is 73.9 Å². The summed E-state index contributed by atoms with van der Waals surface area (Å²) in [5.41, 5.74) is 0.854. The Morgan fingerprint density at radius 1 is 0.933 bits per heavy atom. The molecule has 0 bridgehead atoms. The average Bonchev–Trinajstić information content (AvgIpc) is 2.79. The Balaban J connectivity index is 1.39. The van der Waals surface area contributed by atoms with E-state index in [0.29, 0.717) is 13.2 Å². The third kappa shape index (κ3) is 6.38. The lowest BCUT2D eigenvalue weighted by Crippen LogP contribution is -2.31. The van der Waals surface area contributed by atoms with E-state index in [1.807, 2.05) is 66.7 Å². The van der Waals surface area contributed by atoms with E-state index < -0.39 is 5.97 Å². The van der Waals surface area contributed by atoms with Crippen molar-refractivity contribution in [1.29, 1.82) is 0 Å². The van der Waals surface area contributed by atoms with Crippen LogP contribution in [0.15, 0.2) is 72.8 Å². The van der Waals surface area contributed by atoms with Crippen molar-refractivity contribution in [3.63, 3.8) is 0 Å². The maximum atomic E-state index is 11.9. The highest BCUT2D eigenvalue weighted by Crippen LogP contribution is 2.22. The number of carbonyl (C=O) groups is 2. The number of nitrogens with one attached hydrogen (secondary N) is 1. The molecule has 3 aromatic rings. The van der Waals surface area contributed by atoms with E-state index in [-0.39, 0.29) is 12.5 Å². The van der Waals surface area contributed by atoms with Gasteiger partial charge in [0.25, 0.3) is 5.91 Å².